The fourth-order valence-corrected chi connectivity index (χ4v) is 1.83. The molecule has 0 heterocycles. The first-order valence-corrected chi connectivity index (χ1v) is 5.43. The number of rotatable bonds is 4. The maximum absolute atomic E-state index is 11.2. The van der Waals surface area contributed by atoms with Crippen LogP contribution in [0.3, 0.4) is 0 Å². The summed E-state index contributed by atoms with van der Waals surface area (Å²) in [4.78, 5) is 22.2. The predicted octanol–water partition coefficient (Wildman–Crippen LogP) is 2.26. The first-order valence-electron chi connectivity index (χ1n) is 5.43. The van der Waals surface area contributed by atoms with E-state index in [0.717, 1.165) is 19.3 Å². The Kier molecular flexibility index (Phi) is 4.53. The van der Waals surface area contributed by atoms with Crippen molar-refractivity contribution in [2.45, 2.75) is 39.0 Å². The van der Waals surface area contributed by atoms with Gasteiger partial charge in [-0.1, -0.05) is 12.5 Å². The number of carbonyl (C=O) groups excluding carboxylic acids is 2. The van der Waals surface area contributed by atoms with Crippen molar-refractivity contribution < 1.29 is 14.3 Å². The van der Waals surface area contributed by atoms with Gasteiger partial charge in [-0.25, -0.2) is 0 Å². The number of ketones is 1. The fourth-order valence-electron chi connectivity index (χ4n) is 1.83. The second-order valence-corrected chi connectivity index (χ2v) is 4.05. The van der Waals surface area contributed by atoms with E-state index in [-0.39, 0.29) is 11.8 Å². The summed E-state index contributed by atoms with van der Waals surface area (Å²) in [6.07, 6.45) is 5.58. The summed E-state index contributed by atoms with van der Waals surface area (Å²) in [6.45, 7) is 2.06. The largest absolute Gasteiger partial charge is 0.469 e. The molecular formula is C12H18O3. The second kappa shape index (κ2) is 5.69. The highest BCUT2D eigenvalue weighted by Crippen LogP contribution is 2.25. The molecular weight excluding hydrogens is 192 g/mol. The van der Waals surface area contributed by atoms with Crippen molar-refractivity contribution in [2.24, 2.45) is 5.92 Å². The average Bonchev–Trinajstić information content (AvgIpc) is 2.25. The van der Waals surface area contributed by atoms with E-state index in [1.807, 2.05) is 0 Å². The van der Waals surface area contributed by atoms with Gasteiger partial charge in [0.1, 0.15) is 0 Å². The van der Waals surface area contributed by atoms with Crippen molar-refractivity contribution in [1.82, 2.24) is 0 Å². The average molecular weight is 210 g/mol. The second-order valence-electron chi connectivity index (χ2n) is 4.05. The van der Waals surface area contributed by atoms with Crippen molar-refractivity contribution >= 4 is 11.8 Å². The van der Waals surface area contributed by atoms with Gasteiger partial charge in [-0.3, -0.25) is 9.59 Å². The third kappa shape index (κ3) is 3.86. The number of esters is 1. The van der Waals surface area contributed by atoms with Gasteiger partial charge in [-0.15, -0.1) is 0 Å². The van der Waals surface area contributed by atoms with Crippen LogP contribution < -0.4 is 0 Å². The molecule has 0 aromatic rings. The molecule has 1 rings (SSSR count). The standard InChI is InChI=1S/C12H18O3/c1-9(6-7-12(14)15-2)10-4-3-5-11(13)8-10/h8-9H,3-7H2,1-2H3. The Morgan fingerprint density at radius 2 is 2.27 bits per heavy atom. The van der Waals surface area contributed by atoms with Crippen LogP contribution in [0.1, 0.15) is 39.0 Å². The van der Waals surface area contributed by atoms with E-state index in [4.69, 9.17) is 0 Å². The quantitative estimate of drug-likeness (QED) is 0.668. The number of allylic oxidation sites excluding steroid dienone is 2. The lowest BCUT2D eigenvalue weighted by molar-refractivity contribution is -0.140. The van der Waals surface area contributed by atoms with E-state index >= 15 is 0 Å². The van der Waals surface area contributed by atoms with Crippen molar-refractivity contribution in [2.75, 3.05) is 7.11 Å². The van der Waals surface area contributed by atoms with Gasteiger partial charge in [0.15, 0.2) is 5.78 Å². The minimum Gasteiger partial charge on any atom is -0.469 e. The molecule has 15 heavy (non-hydrogen) atoms. The minimum absolute atomic E-state index is 0.176. The van der Waals surface area contributed by atoms with Gasteiger partial charge in [-0.2, -0.15) is 0 Å². The van der Waals surface area contributed by atoms with Gasteiger partial charge in [0, 0.05) is 12.8 Å². The lowest BCUT2D eigenvalue weighted by atomic mass is 9.87. The van der Waals surface area contributed by atoms with Crippen molar-refractivity contribution in [3.63, 3.8) is 0 Å². The van der Waals surface area contributed by atoms with E-state index in [1.54, 1.807) is 6.08 Å². The molecule has 0 saturated carbocycles. The molecule has 0 bridgehead atoms. The van der Waals surface area contributed by atoms with E-state index in [9.17, 15) is 9.59 Å². The monoisotopic (exact) mass is 210 g/mol. The van der Waals surface area contributed by atoms with Gasteiger partial charge in [0.2, 0.25) is 0 Å². The summed E-state index contributed by atoms with van der Waals surface area (Å²) >= 11 is 0. The molecule has 0 aromatic carbocycles. The van der Waals surface area contributed by atoms with Crippen LogP contribution in [0.25, 0.3) is 0 Å². The number of hydrogen-bond donors (Lipinski definition) is 0. The van der Waals surface area contributed by atoms with Gasteiger partial charge in [-0.05, 0) is 31.3 Å². The molecule has 0 N–H and O–H groups in total. The van der Waals surface area contributed by atoms with Gasteiger partial charge < -0.3 is 4.74 Å². The SMILES string of the molecule is COC(=O)CCC(C)C1=CC(=O)CCC1. The normalized spacial score (nSPS) is 18.3. The highest BCUT2D eigenvalue weighted by molar-refractivity contribution is 5.91. The number of methoxy groups -OCH3 is 1. The molecule has 0 aromatic heterocycles. The van der Waals surface area contributed by atoms with Crippen LogP contribution in [0.2, 0.25) is 0 Å². The molecule has 0 saturated heterocycles. The summed E-state index contributed by atoms with van der Waals surface area (Å²) in [5.41, 5.74) is 1.19. The van der Waals surface area contributed by atoms with Crippen molar-refractivity contribution in [3.8, 4) is 0 Å². The molecule has 0 fully saturated rings. The van der Waals surface area contributed by atoms with Crippen molar-refractivity contribution in [1.29, 1.82) is 0 Å². The van der Waals surface area contributed by atoms with Crippen LogP contribution in [-0.2, 0) is 14.3 Å². The molecule has 3 heteroatoms. The molecule has 1 aliphatic rings. The Bertz CT molecular complexity index is 279. The van der Waals surface area contributed by atoms with Crippen LogP contribution in [0.4, 0.5) is 0 Å². The molecule has 0 radical (unpaired) electrons. The topological polar surface area (TPSA) is 43.4 Å². The van der Waals surface area contributed by atoms with Gasteiger partial charge in [0.05, 0.1) is 7.11 Å². The molecule has 0 amide bonds. The Labute approximate surface area is 90.5 Å². The van der Waals surface area contributed by atoms with Crippen LogP contribution in [-0.4, -0.2) is 18.9 Å². The maximum atomic E-state index is 11.2. The Morgan fingerprint density at radius 3 is 2.87 bits per heavy atom. The van der Waals surface area contributed by atoms with Crippen molar-refractivity contribution in [3.05, 3.63) is 11.6 Å². The highest BCUT2D eigenvalue weighted by Gasteiger charge is 2.16. The smallest absolute Gasteiger partial charge is 0.305 e. The first kappa shape index (κ1) is 12.0. The fraction of sp³-hybridized carbons (Fsp3) is 0.667. The highest BCUT2D eigenvalue weighted by atomic mass is 16.5. The van der Waals surface area contributed by atoms with Gasteiger partial charge >= 0.3 is 5.97 Å². The van der Waals surface area contributed by atoms with E-state index in [2.05, 4.69) is 11.7 Å². The zero-order chi connectivity index (χ0) is 11.3. The number of carbonyl (C=O) groups is 2. The van der Waals surface area contributed by atoms with Crippen LogP contribution in [0.15, 0.2) is 11.6 Å². The van der Waals surface area contributed by atoms with Crippen LogP contribution in [0.5, 0.6) is 0 Å². The Balaban J connectivity index is 2.42. The molecule has 1 unspecified atom stereocenters. The predicted molar refractivity (Wildman–Crippen MR) is 57.4 cm³/mol. The molecule has 0 aliphatic heterocycles. The first-order chi connectivity index (χ1) is 7.13. The zero-order valence-electron chi connectivity index (χ0n) is 9.41. The molecule has 84 valence electrons. The third-order valence-electron chi connectivity index (χ3n) is 2.88. The lowest BCUT2D eigenvalue weighted by Crippen LogP contribution is -2.11. The summed E-state index contributed by atoms with van der Waals surface area (Å²) in [5, 5.41) is 0. The summed E-state index contributed by atoms with van der Waals surface area (Å²) in [5.74, 6) is 0.360. The molecule has 0 spiro atoms. The minimum atomic E-state index is -0.176. The van der Waals surface area contributed by atoms with E-state index in [1.165, 1.54) is 12.7 Å². The summed E-state index contributed by atoms with van der Waals surface area (Å²) in [7, 11) is 1.40. The van der Waals surface area contributed by atoms with E-state index in [0.29, 0.717) is 18.8 Å². The summed E-state index contributed by atoms with van der Waals surface area (Å²) < 4.78 is 4.58. The van der Waals surface area contributed by atoms with Crippen LogP contribution >= 0.6 is 0 Å². The third-order valence-corrected chi connectivity index (χ3v) is 2.88. The Hall–Kier alpha value is -1.12. The van der Waals surface area contributed by atoms with Gasteiger partial charge in [0.25, 0.3) is 0 Å². The molecule has 1 atom stereocenters. The van der Waals surface area contributed by atoms with Crippen LogP contribution in [0, 0.1) is 5.92 Å². The zero-order valence-corrected chi connectivity index (χ0v) is 9.41. The number of ether oxygens (including phenoxy) is 1. The Morgan fingerprint density at radius 1 is 1.53 bits per heavy atom. The number of hydrogen-bond acceptors (Lipinski definition) is 3. The lowest BCUT2D eigenvalue weighted by Gasteiger charge is -2.18. The summed E-state index contributed by atoms with van der Waals surface area (Å²) in [6, 6.07) is 0. The molecule has 1 aliphatic carbocycles. The van der Waals surface area contributed by atoms with E-state index < -0.39 is 0 Å². The maximum Gasteiger partial charge on any atom is 0.305 e. The molecule has 3 nitrogen and oxygen atoms in total.